The fourth-order valence-corrected chi connectivity index (χ4v) is 8.55. The molecule has 0 atom stereocenters. The summed E-state index contributed by atoms with van der Waals surface area (Å²) in [7, 11) is 0. The summed E-state index contributed by atoms with van der Waals surface area (Å²) in [6.45, 7) is 0. The molecular formula is C37H16Cl10O2. The Labute approximate surface area is 331 Å². The second-order valence-electron chi connectivity index (χ2n) is 10.9. The summed E-state index contributed by atoms with van der Waals surface area (Å²) in [6, 6.07) is 32.0. The molecule has 0 unspecified atom stereocenters. The number of fused-ring (bicyclic) bond motifs is 3. The van der Waals surface area contributed by atoms with Gasteiger partial charge in [0.2, 0.25) is 0 Å². The van der Waals surface area contributed by atoms with Crippen LogP contribution in [0.2, 0.25) is 50.2 Å². The summed E-state index contributed by atoms with van der Waals surface area (Å²) in [5.41, 5.74) is 5.65. The lowest BCUT2D eigenvalue weighted by Gasteiger charge is -2.34. The van der Waals surface area contributed by atoms with Crippen molar-refractivity contribution in [3.8, 4) is 34.1 Å². The Bertz CT molecular complexity index is 2070. The van der Waals surface area contributed by atoms with Crippen molar-refractivity contribution in [2.24, 2.45) is 0 Å². The third-order valence-corrected chi connectivity index (χ3v) is 12.8. The fraction of sp³-hybridized carbons (Fsp3) is 0.0270. The van der Waals surface area contributed by atoms with Crippen LogP contribution in [0.3, 0.4) is 0 Å². The summed E-state index contributed by atoms with van der Waals surface area (Å²) in [6.07, 6.45) is 0. The first-order chi connectivity index (χ1) is 23.5. The third kappa shape index (κ3) is 5.74. The molecule has 49 heavy (non-hydrogen) atoms. The van der Waals surface area contributed by atoms with Crippen LogP contribution in [0.4, 0.5) is 0 Å². The minimum absolute atomic E-state index is 0.0432. The van der Waals surface area contributed by atoms with E-state index in [0.717, 1.165) is 33.4 Å². The van der Waals surface area contributed by atoms with Gasteiger partial charge in [0.1, 0.15) is 31.6 Å². The maximum absolute atomic E-state index is 6.45. The van der Waals surface area contributed by atoms with Crippen molar-refractivity contribution in [1.82, 2.24) is 0 Å². The van der Waals surface area contributed by atoms with Crippen LogP contribution in [0.5, 0.6) is 23.0 Å². The minimum atomic E-state index is -0.728. The molecule has 1 aliphatic rings. The predicted molar refractivity (Wildman–Crippen MR) is 207 cm³/mol. The predicted octanol–water partition coefficient (Wildman–Crippen LogP) is 16.2. The van der Waals surface area contributed by atoms with E-state index >= 15 is 0 Å². The van der Waals surface area contributed by atoms with Gasteiger partial charge in [-0.25, -0.2) is 0 Å². The van der Waals surface area contributed by atoms with Crippen molar-refractivity contribution in [2.75, 3.05) is 0 Å². The van der Waals surface area contributed by atoms with E-state index in [0.29, 0.717) is 11.5 Å². The number of rotatable bonds is 6. The molecule has 0 fully saturated rings. The molecule has 0 bridgehead atoms. The molecule has 0 amide bonds. The van der Waals surface area contributed by atoms with Gasteiger partial charge in [0.15, 0.2) is 11.5 Å². The van der Waals surface area contributed by atoms with Gasteiger partial charge in [0, 0.05) is 0 Å². The monoisotopic (exact) mass is 842 g/mol. The molecule has 6 aromatic rings. The molecule has 1 aliphatic carbocycles. The third-order valence-electron chi connectivity index (χ3n) is 8.31. The highest BCUT2D eigenvalue weighted by Crippen LogP contribution is 2.57. The maximum atomic E-state index is 6.45. The highest BCUT2D eigenvalue weighted by Gasteiger charge is 2.46. The topological polar surface area (TPSA) is 18.5 Å². The van der Waals surface area contributed by atoms with Crippen LogP contribution in [-0.2, 0) is 5.41 Å². The lowest BCUT2D eigenvalue weighted by Crippen LogP contribution is -2.28. The second kappa shape index (κ2) is 13.7. The Morgan fingerprint density at radius 1 is 0.327 bits per heavy atom. The minimum Gasteiger partial charge on any atom is -0.454 e. The quantitative estimate of drug-likeness (QED) is 0.123. The molecule has 0 radical (unpaired) electrons. The van der Waals surface area contributed by atoms with E-state index < -0.39 is 5.41 Å². The second-order valence-corrected chi connectivity index (χ2v) is 14.7. The van der Waals surface area contributed by atoms with Gasteiger partial charge >= 0.3 is 0 Å². The largest absolute Gasteiger partial charge is 0.454 e. The Balaban J connectivity index is 1.35. The van der Waals surface area contributed by atoms with Crippen molar-refractivity contribution in [3.63, 3.8) is 0 Å². The normalized spacial score (nSPS) is 12.9. The van der Waals surface area contributed by atoms with Gasteiger partial charge in [0.25, 0.3) is 0 Å². The van der Waals surface area contributed by atoms with E-state index in [2.05, 4.69) is 24.3 Å². The Hall–Kier alpha value is -2.18. The smallest absolute Gasteiger partial charge is 0.167 e. The Kier molecular flexibility index (Phi) is 9.89. The number of benzene rings is 6. The summed E-state index contributed by atoms with van der Waals surface area (Å²) in [5, 5.41) is 0.463. The van der Waals surface area contributed by atoms with Crippen LogP contribution in [0.25, 0.3) is 11.1 Å². The van der Waals surface area contributed by atoms with Crippen molar-refractivity contribution >= 4 is 116 Å². The molecule has 0 aromatic heterocycles. The van der Waals surface area contributed by atoms with E-state index in [-0.39, 0.29) is 61.7 Å². The first-order valence-corrected chi connectivity index (χ1v) is 18.0. The van der Waals surface area contributed by atoms with Crippen LogP contribution in [0.1, 0.15) is 22.3 Å². The van der Waals surface area contributed by atoms with Gasteiger partial charge in [-0.2, -0.15) is 0 Å². The lowest BCUT2D eigenvalue weighted by molar-refractivity contribution is 0.482. The summed E-state index contributed by atoms with van der Waals surface area (Å²) < 4.78 is 12.2. The van der Waals surface area contributed by atoms with E-state index in [1.807, 2.05) is 72.8 Å². The number of hydrogen-bond donors (Lipinski definition) is 0. The fourth-order valence-electron chi connectivity index (χ4n) is 6.15. The zero-order valence-corrected chi connectivity index (χ0v) is 31.9. The van der Waals surface area contributed by atoms with Crippen molar-refractivity contribution in [2.45, 2.75) is 5.41 Å². The molecule has 0 saturated heterocycles. The molecule has 7 rings (SSSR count). The highest BCUT2D eigenvalue weighted by molar-refractivity contribution is 6.56. The SMILES string of the molecule is Clc1c(Cl)c(Cl)c(Oc2ccc(C3(c4ccc(Oc5c(Cl)c(Cl)c(Cl)c(Cl)c5Cl)cc4)c4ccccc4-c4ccccc43)cc2)c(Cl)c1Cl. The maximum Gasteiger partial charge on any atom is 0.167 e. The van der Waals surface area contributed by atoms with Crippen molar-refractivity contribution in [3.05, 3.63) is 170 Å². The zero-order chi connectivity index (χ0) is 34.8. The average Bonchev–Trinajstić information content (AvgIpc) is 3.43. The van der Waals surface area contributed by atoms with Crippen LogP contribution in [0, 0.1) is 0 Å². The molecule has 12 heteroatoms. The van der Waals surface area contributed by atoms with E-state index in [9.17, 15) is 0 Å². The summed E-state index contributed by atoms with van der Waals surface area (Å²) in [5.74, 6) is 1.10. The van der Waals surface area contributed by atoms with Gasteiger partial charge in [-0.15, -0.1) is 0 Å². The number of halogens is 10. The Morgan fingerprint density at radius 2 is 0.612 bits per heavy atom. The van der Waals surface area contributed by atoms with Crippen LogP contribution in [-0.4, -0.2) is 0 Å². The molecule has 6 aromatic carbocycles. The zero-order valence-electron chi connectivity index (χ0n) is 24.3. The molecule has 246 valence electrons. The van der Waals surface area contributed by atoms with Gasteiger partial charge in [-0.05, 0) is 57.6 Å². The molecule has 2 nitrogen and oxygen atoms in total. The number of ether oxygens (including phenoxy) is 2. The van der Waals surface area contributed by atoms with Gasteiger partial charge in [-0.3, -0.25) is 0 Å². The molecule has 0 heterocycles. The first kappa shape index (κ1) is 35.2. The first-order valence-electron chi connectivity index (χ1n) is 14.3. The van der Waals surface area contributed by atoms with Crippen molar-refractivity contribution < 1.29 is 9.47 Å². The van der Waals surface area contributed by atoms with Gasteiger partial charge in [-0.1, -0.05) is 189 Å². The van der Waals surface area contributed by atoms with E-state index in [1.54, 1.807) is 0 Å². The molecule has 0 spiro atoms. The van der Waals surface area contributed by atoms with Crippen LogP contribution < -0.4 is 9.47 Å². The van der Waals surface area contributed by atoms with Crippen LogP contribution >= 0.6 is 116 Å². The summed E-state index contributed by atoms with van der Waals surface area (Å²) in [4.78, 5) is 0. The van der Waals surface area contributed by atoms with E-state index in [4.69, 9.17) is 125 Å². The van der Waals surface area contributed by atoms with E-state index in [1.165, 1.54) is 0 Å². The Morgan fingerprint density at radius 3 is 0.939 bits per heavy atom. The van der Waals surface area contributed by atoms with Crippen LogP contribution in [0.15, 0.2) is 97.1 Å². The molecule has 0 aliphatic heterocycles. The summed E-state index contributed by atoms with van der Waals surface area (Å²) >= 11 is 63.3. The standard InChI is InChI=1S/C37H16Cl10O2/c38-25-27(40)31(44)35(32(45)28(25)41)48-19-13-9-17(10-14-19)37(23-7-3-1-5-21(23)22-6-2-4-8-24(22)37)18-11-15-20(16-12-18)49-36-33(46)29(42)26(39)30(43)34(36)47/h1-16H. The van der Waals surface area contributed by atoms with Gasteiger partial charge in [0.05, 0.1) is 35.6 Å². The molecule has 0 N–H and O–H groups in total. The number of hydrogen-bond acceptors (Lipinski definition) is 2. The van der Waals surface area contributed by atoms with Gasteiger partial charge < -0.3 is 9.47 Å². The molecular weight excluding hydrogens is 831 g/mol. The molecule has 0 saturated carbocycles. The highest BCUT2D eigenvalue weighted by atomic mass is 35.5. The van der Waals surface area contributed by atoms with Crippen molar-refractivity contribution in [1.29, 1.82) is 0 Å². The lowest BCUT2D eigenvalue weighted by atomic mass is 9.68. The average molecular weight is 847 g/mol.